The van der Waals surface area contributed by atoms with E-state index in [-0.39, 0.29) is 22.7 Å². The first kappa shape index (κ1) is 22.9. The van der Waals surface area contributed by atoms with Gasteiger partial charge in [0.2, 0.25) is 0 Å². The van der Waals surface area contributed by atoms with Crippen LogP contribution in [0, 0.1) is 17.3 Å². The van der Waals surface area contributed by atoms with Crippen molar-refractivity contribution in [3.8, 4) is 17.2 Å². The summed E-state index contributed by atoms with van der Waals surface area (Å²) in [6.07, 6.45) is 6.64. The zero-order valence-corrected chi connectivity index (χ0v) is 19.8. The molecule has 0 radical (unpaired) electrons. The topological polar surface area (TPSA) is 44.8 Å². The van der Waals surface area contributed by atoms with Gasteiger partial charge in [0.05, 0.1) is 14.2 Å². The molecule has 0 aromatic heterocycles. The van der Waals surface area contributed by atoms with E-state index in [0.29, 0.717) is 17.8 Å². The number of ether oxygens (including phenoxy) is 3. The van der Waals surface area contributed by atoms with Crippen molar-refractivity contribution in [3.05, 3.63) is 58.7 Å². The Morgan fingerprint density at radius 3 is 2.62 bits per heavy atom. The van der Waals surface area contributed by atoms with Crippen molar-refractivity contribution in [1.29, 1.82) is 0 Å². The average Bonchev–Trinajstić information content (AvgIpc) is 3.09. The van der Waals surface area contributed by atoms with E-state index in [1.165, 1.54) is 24.3 Å². The van der Waals surface area contributed by atoms with Crippen LogP contribution in [0.5, 0.6) is 17.2 Å². The Hall–Kier alpha value is -2.89. The summed E-state index contributed by atoms with van der Waals surface area (Å²) in [7, 11) is 3.12. The van der Waals surface area contributed by atoms with Gasteiger partial charge in [-0.25, -0.2) is 0 Å². The smallest absolute Gasteiger partial charge is 0.387 e. The van der Waals surface area contributed by atoms with Gasteiger partial charge in [-0.05, 0) is 102 Å². The number of carbonyl (C=O) groups excluding carboxylic acids is 1. The Labute approximate surface area is 198 Å². The van der Waals surface area contributed by atoms with Crippen LogP contribution in [0.15, 0.2) is 42.0 Å². The Kier molecular flexibility index (Phi) is 5.86. The molecule has 0 saturated heterocycles. The minimum atomic E-state index is -2.92. The van der Waals surface area contributed by atoms with Crippen molar-refractivity contribution < 1.29 is 27.8 Å². The highest BCUT2D eigenvalue weighted by atomic mass is 19.3. The molecule has 34 heavy (non-hydrogen) atoms. The number of aryl methyl sites for hydroxylation is 1. The molecule has 4 atom stereocenters. The summed E-state index contributed by atoms with van der Waals surface area (Å²) >= 11 is 0. The summed E-state index contributed by atoms with van der Waals surface area (Å²) in [5.74, 6) is 2.60. The third-order valence-corrected chi connectivity index (χ3v) is 8.32. The number of hydrogen-bond acceptors (Lipinski definition) is 4. The van der Waals surface area contributed by atoms with E-state index in [2.05, 4.69) is 29.9 Å². The second-order valence-corrected chi connectivity index (χ2v) is 9.93. The van der Waals surface area contributed by atoms with Crippen LogP contribution < -0.4 is 14.2 Å². The van der Waals surface area contributed by atoms with Crippen molar-refractivity contribution in [2.75, 3.05) is 14.2 Å². The van der Waals surface area contributed by atoms with Crippen molar-refractivity contribution >= 4 is 11.9 Å². The van der Waals surface area contributed by atoms with Crippen LogP contribution in [0.3, 0.4) is 0 Å². The summed E-state index contributed by atoms with van der Waals surface area (Å²) in [6.45, 7) is -0.784. The lowest BCUT2D eigenvalue weighted by atomic mass is 9.55. The molecule has 3 aliphatic rings. The maximum Gasteiger partial charge on any atom is 0.387 e. The van der Waals surface area contributed by atoms with Gasteiger partial charge in [-0.1, -0.05) is 19.1 Å². The molecular weight excluding hydrogens is 438 g/mol. The lowest BCUT2D eigenvalue weighted by Gasteiger charge is -2.48. The van der Waals surface area contributed by atoms with Gasteiger partial charge in [-0.3, -0.25) is 4.79 Å². The summed E-state index contributed by atoms with van der Waals surface area (Å²) < 4.78 is 40.5. The molecule has 0 bridgehead atoms. The molecule has 180 valence electrons. The Bertz CT molecular complexity index is 1140. The Morgan fingerprint density at radius 2 is 1.88 bits per heavy atom. The third kappa shape index (κ3) is 3.77. The minimum Gasteiger partial charge on any atom is -0.497 e. The molecule has 0 heterocycles. The molecule has 0 amide bonds. The van der Waals surface area contributed by atoms with Crippen LogP contribution in [0.4, 0.5) is 8.78 Å². The highest BCUT2D eigenvalue weighted by Gasteiger charge is 2.56. The van der Waals surface area contributed by atoms with Gasteiger partial charge in [-0.2, -0.15) is 8.78 Å². The molecule has 0 spiro atoms. The summed E-state index contributed by atoms with van der Waals surface area (Å²) in [6, 6.07) is 11.2. The van der Waals surface area contributed by atoms with Crippen LogP contribution in [0.1, 0.15) is 55.2 Å². The number of hydrogen-bond donors (Lipinski definition) is 0. The van der Waals surface area contributed by atoms with Crippen LogP contribution in [0.2, 0.25) is 0 Å². The highest BCUT2D eigenvalue weighted by molar-refractivity contribution is 6.06. The van der Waals surface area contributed by atoms with E-state index in [1.807, 2.05) is 6.08 Å². The first-order chi connectivity index (χ1) is 16.3. The first-order valence-electron chi connectivity index (χ1n) is 11.9. The fourth-order valence-corrected chi connectivity index (χ4v) is 6.65. The fourth-order valence-electron chi connectivity index (χ4n) is 6.65. The van der Waals surface area contributed by atoms with Crippen molar-refractivity contribution in [1.82, 2.24) is 0 Å². The Balaban J connectivity index is 1.43. The number of benzene rings is 2. The van der Waals surface area contributed by atoms with E-state index >= 15 is 0 Å². The molecule has 3 aliphatic carbocycles. The zero-order chi connectivity index (χ0) is 24.0. The third-order valence-electron chi connectivity index (χ3n) is 8.32. The van der Waals surface area contributed by atoms with Crippen LogP contribution in [0.25, 0.3) is 6.08 Å². The van der Waals surface area contributed by atoms with Gasteiger partial charge in [0.15, 0.2) is 17.3 Å². The lowest BCUT2D eigenvalue weighted by Crippen LogP contribution is -2.42. The molecular formula is C28H30F2O4. The number of carbonyl (C=O) groups is 1. The predicted molar refractivity (Wildman–Crippen MR) is 126 cm³/mol. The molecule has 0 unspecified atom stereocenters. The van der Waals surface area contributed by atoms with Gasteiger partial charge < -0.3 is 14.2 Å². The number of rotatable bonds is 5. The quantitative estimate of drug-likeness (QED) is 0.475. The Morgan fingerprint density at radius 1 is 1.06 bits per heavy atom. The van der Waals surface area contributed by atoms with Crippen molar-refractivity contribution in [3.63, 3.8) is 0 Å². The van der Waals surface area contributed by atoms with E-state index < -0.39 is 6.61 Å². The monoisotopic (exact) mass is 468 g/mol. The second kappa shape index (κ2) is 8.71. The molecule has 5 rings (SSSR count). The molecule has 0 N–H and O–H groups in total. The van der Waals surface area contributed by atoms with Crippen molar-refractivity contribution in [2.45, 2.75) is 51.6 Å². The SMILES string of the molecule is COc1ccc2c(c1)CC[C@@H]1[C@@H]2CC[C@]2(C)C(=O)/C(=C/c3ccc(OC(F)F)c(OC)c3)C[C@@H]12. The maximum atomic E-state index is 13.6. The van der Waals surface area contributed by atoms with Gasteiger partial charge in [0.25, 0.3) is 0 Å². The molecule has 4 nitrogen and oxygen atoms in total. The van der Waals surface area contributed by atoms with Crippen LogP contribution >= 0.6 is 0 Å². The lowest BCUT2D eigenvalue weighted by molar-refractivity contribution is -0.127. The fraction of sp³-hybridized carbons (Fsp3) is 0.464. The molecule has 2 aromatic rings. The second-order valence-electron chi connectivity index (χ2n) is 9.93. The summed E-state index contributed by atoms with van der Waals surface area (Å²) in [5.41, 5.74) is 4.02. The molecule has 0 aliphatic heterocycles. The van der Waals surface area contributed by atoms with Gasteiger partial charge in [0, 0.05) is 5.41 Å². The largest absolute Gasteiger partial charge is 0.497 e. The zero-order valence-electron chi connectivity index (χ0n) is 19.8. The summed E-state index contributed by atoms with van der Waals surface area (Å²) in [4.78, 5) is 13.6. The van der Waals surface area contributed by atoms with Gasteiger partial charge in [0.1, 0.15) is 5.75 Å². The number of methoxy groups -OCH3 is 2. The number of halogens is 2. The molecule has 2 fully saturated rings. The highest BCUT2D eigenvalue weighted by Crippen LogP contribution is 2.61. The van der Waals surface area contributed by atoms with Crippen molar-refractivity contribution in [2.24, 2.45) is 17.3 Å². The predicted octanol–water partition coefficient (Wildman–Crippen LogP) is 6.42. The van der Waals surface area contributed by atoms with E-state index in [1.54, 1.807) is 19.2 Å². The number of allylic oxidation sites excluding steroid dienone is 1. The van der Waals surface area contributed by atoms with Gasteiger partial charge >= 0.3 is 6.61 Å². The van der Waals surface area contributed by atoms with Crippen LogP contribution in [-0.2, 0) is 11.2 Å². The van der Waals surface area contributed by atoms with Crippen LogP contribution in [-0.4, -0.2) is 26.6 Å². The number of ketones is 1. The normalized spacial score (nSPS) is 28.9. The van der Waals surface area contributed by atoms with Gasteiger partial charge in [-0.15, -0.1) is 0 Å². The van der Waals surface area contributed by atoms with E-state index in [0.717, 1.165) is 49.0 Å². The number of Topliss-reactive ketones (excluding diaryl/α,β-unsaturated/α-hetero) is 1. The average molecular weight is 469 g/mol. The first-order valence-corrected chi connectivity index (χ1v) is 11.9. The number of alkyl halides is 2. The summed E-state index contributed by atoms with van der Waals surface area (Å²) in [5, 5.41) is 0. The standard InChI is InChI=1S/C28H30F2O4/c1-28-11-10-21-20-8-6-19(32-2)14-17(20)5-7-22(21)23(28)15-18(26(28)31)12-16-4-9-24(34-27(29)30)25(13-16)33-3/h4,6,8-9,12-14,21-23,27H,5,7,10-11,15H2,1-3H3/b18-12+/t21-,22-,23+,28+/m1/s1. The maximum absolute atomic E-state index is 13.6. The minimum absolute atomic E-state index is 0.0154. The van der Waals surface area contributed by atoms with E-state index in [9.17, 15) is 13.6 Å². The molecule has 2 saturated carbocycles. The number of fused-ring (bicyclic) bond motifs is 5. The molecule has 2 aromatic carbocycles. The van der Waals surface area contributed by atoms with E-state index in [4.69, 9.17) is 9.47 Å². The molecule has 6 heteroatoms.